The molecule has 0 spiro atoms. The first kappa shape index (κ1) is 10.2. The zero-order valence-electron chi connectivity index (χ0n) is 8.46. The summed E-state index contributed by atoms with van der Waals surface area (Å²) in [7, 11) is 0. The van der Waals surface area contributed by atoms with E-state index < -0.39 is 0 Å². The van der Waals surface area contributed by atoms with Crippen LogP contribution in [-0.2, 0) is 6.54 Å². The third-order valence-corrected chi connectivity index (χ3v) is 3.11. The van der Waals surface area contributed by atoms with Crippen molar-refractivity contribution < 1.29 is 4.39 Å². The molecular formula is C12H12FNS. The van der Waals surface area contributed by atoms with Crippen molar-refractivity contribution in [3.8, 4) is 0 Å². The molecule has 0 amide bonds. The lowest BCUT2D eigenvalue weighted by atomic mass is 10.3. The second-order valence-corrected chi connectivity index (χ2v) is 4.75. The maximum absolute atomic E-state index is 12.6. The number of rotatable bonds is 3. The number of thiophene rings is 1. The summed E-state index contributed by atoms with van der Waals surface area (Å²) in [5, 5.41) is 3.25. The molecule has 0 unspecified atom stereocenters. The molecule has 0 atom stereocenters. The molecule has 1 nitrogen and oxygen atoms in total. The van der Waals surface area contributed by atoms with Gasteiger partial charge < -0.3 is 5.32 Å². The van der Waals surface area contributed by atoms with Gasteiger partial charge >= 0.3 is 0 Å². The van der Waals surface area contributed by atoms with Gasteiger partial charge in [0.1, 0.15) is 5.82 Å². The quantitative estimate of drug-likeness (QED) is 0.831. The van der Waals surface area contributed by atoms with Gasteiger partial charge in [0.25, 0.3) is 0 Å². The van der Waals surface area contributed by atoms with Crippen LogP contribution in [0.25, 0.3) is 0 Å². The van der Waals surface area contributed by atoms with Crippen LogP contribution in [0.2, 0.25) is 0 Å². The minimum atomic E-state index is -0.201. The van der Waals surface area contributed by atoms with Gasteiger partial charge in [-0.05, 0) is 43.3 Å². The Hall–Kier alpha value is -1.35. The SMILES string of the molecule is Cc1ccc(CNc2ccc(F)cc2)s1. The van der Waals surface area contributed by atoms with Crippen molar-refractivity contribution in [2.75, 3.05) is 5.32 Å². The van der Waals surface area contributed by atoms with E-state index in [1.165, 1.54) is 21.9 Å². The van der Waals surface area contributed by atoms with E-state index in [4.69, 9.17) is 0 Å². The molecule has 1 heterocycles. The van der Waals surface area contributed by atoms with Crippen LogP contribution in [0.5, 0.6) is 0 Å². The lowest BCUT2D eigenvalue weighted by Gasteiger charge is -2.03. The van der Waals surface area contributed by atoms with Crippen LogP contribution in [0.15, 0.2) is 36.4 Å². The van der Waals surface area contributed by atoms with E-state index in [0.717, 1.165) is 12.2 Å². The Morgan fingerprint density at radius 1 is 1.13 bits per heavy atom. The Kier molecular flexibility index (Phi) is 3.02. The molecule has 1 aromatic carbocycles. The van der Waals surface area contributed by atoms with Gasteiger partial charge in [-0.15, -0.1) is 11.3 Å². The Bertz CT molecular complexity index is 433. The first-order chi connectivity index (χ1) is 7.24. The van der Waals surface area contributed by atoms with Gasteiger partial charge in [0, 0.05) is 22.0 Å². The fraction of sp³-hybridized carbons (Fsp3) is 0.167. The second kappa shape index (κ2) is 4.45. The van der Waals surface area contributed by atoms with Crippen LogP contribution < -0.4 is 5.32 Å². The van der Waals surface area contributed by atoms with E-state index in [2.05, 4.69) is 24.4 Å². The van der Waals surface area contributed by atoms with Crippen LogP contribution in [0.1, 0.15) is 9.75 Å². The summed E-state index contributed by atoms with van der Waals surface area (Å²) < 4.78 is 12.6. The molecule has 0 saturated carbocycles. The average molecular weight is 221 g/mol. The fourth-order valence-electron chi connectivity index (χ4n) is 1.34. The molecule has 0 fully saturated rings. The summed E-state index contributed by atoms with van der Waals surface area (Å²) in [6.07, 6.45) is 0. The molecule has 78 valence electrons. The molecular weight excluding hydrogens is 209 g/mol. The highest BCUT2D eigenvalue weighted by atomic mass is 32.1. The molecule has 3 heteroatoms. The van der Waals surface area contributed by atoms with Gasteiger partial charge in [0.15, 0.2) is 0 Å². The third kappa shape index (κ3) is 2.80. The van der Waals surface area contributed by atoms with E-state index in [9.17, 15) is 4.39 Å². The highest BCUT2D eigenvalue weighted by Gasteiger charge is 1.97. The summed E-state index contributed by atoms with van der Waals surface area (Å²) in [5.74, 6) is -0.201. The topological polar surface area (TPSA) is 12.0 Å². The Labute approximate surface area is 92.6 Å². The average Bonchev–Trinajstić information content (AvgIpc) is 2.64. The van der Waals surface area contributed by atoms with E-state index in [1.807, 2.05) is 0 Å². The Balaban J connectivity index is 1.96. The van der Waals surface area contributed by atoms with Gasteiger partial charge in [-0.3, -0.25) is 0 Å². The van der Waals surface area contributed by atoms with Gasteiger partial charge in [-0.2, -0.15) is 0 Å². The van der Waals surface area contributed by atoms with Crippen molar-refractivity contribution in [2.45, 2.75) is 13.5 Å². The molecule has 0 radical (unpaired) electrons. The van der Waals surface area contributed by atoms with Gasteiger partial charge in [-0.25, -0.2) is 4.39 Å². The normalized spacial score (nSPS) is 10.3. The largest absolute Gasteiger partial charge is 0.380 e. The summed E-state index contributed by atoms with van der Waals surface area (Å²) >= 11 is 1.77. The molecule has 0 aliphatic rings. The molecule has 15 heavy (non-hydrogen) atoms. The predicted molar refractivity (Wildman–Crippen MR) is 62.8 cm³/mol. The standard InChI is InChI=1S/C12H12FNS/c1-9-2-7-12(15-9)8-14-11-5-3-10(13)4-6-11/h2-7,14H,8H2,1H3. The van der Waals surface area contributed by atoms with Crippen molar-refractivity contribution in [1.29, 1.82) is 0 Å². The molecule has 0 aliphatic heterocycles. The van der Waals surface area contributed by atoms with Gasteiger partial charge in [-0.1, -0.05) is 0 Å². The van der Waals surface area contributed by atoms with Crippen molar-refractivity contribution >= 4 is 17.0 Å². The fourth-order valence-corrected chi connectivity index (χ4v) is 2.17. The second-order valence-electron chi connectivity index (χ2n) is 3.37. The molecule has 2 rings (SSSR count). The molecule has 0 saturated heterocycles. The van der Waals surface area contributed by atoms with Crippen LogP contribution in [0.3, 0.4) is 0 Å². The van der Waals surface area contributed by atoms with E-state index >= 15 is 0 Å². The molecule has 1 N–H and O–H groups in total. The van der Waals surface area contributed by atoms with Gasteiger partial charge in [0.05, 0.1) is 0 Å². The van der Waals surface area contributed by atoms with Crippen LogP contribution in [0.4, 0.5) is 10.1 Å². The number of halogens is 1. The summed E-state index contributed by atoms with van der Waals surface area (Å²) in [6, 6.07) is 10.6. The zero-order chi connectivity index (χ0) is 10.7. The molecule has 0 bridgehead atoms. The van der Waals surface area contributed by atoms with E-state index in [-0.39, 0.29) is 5.82 Å². The van der Waals surface area contributed by atoms with Crippen molar-refractivity contribution in [3.05, 3.63) is 52.0 Å². The molecule has 0 aliphatic carbocycles. The lowest BCUT2D eigenvalue weighted by molar-refractivity contribution is 0.628. The summed E-state index contributed by atoms with van der Waals surface area (Å²) in [6.45, 7) is 2.89. The zero-order valence-corrected chi connectivity index (χ0v) is 9.27. The summed E-state index contributed by atoms with van der Waals surface area (Å²) in [5.41, 5.74) is 0.947. The predicted octanol–water partition coefficient (Wildman–Crippen LogP) is 3.81. The maximum Gasteiger partial charge on any atom is 0.123 e. The van der Waals surface area contributed by atoms with Crippen LogP contribution >= 0.6 is 11.3 Å². The first-order valence-electron chi connectivity index (χ1n) is 4.79. The Morgan fingerprint density at radius 3 is 2.47 bits per heavy atom. The van der Waals surface area contributed by atoms with Crippen molar-refractivity contribution in [3.63, 3.8) is 0 Å². The number of benzene rings is 1. The number of nitrogens with one attached hydrogen (secondary N) is 1. The van der Waals surface area contributed by atoms with Crippen molar-refractivity contribution in [1.82, 2.24) is 0 Å². The number of aryl methyl sites for hydroxylation is 1. The van der Waals surface area contributed by atoms with Crippen molar-refractivity contribution in [2.24, 2.45) is 0 Å². The molecule has 1 aromatic heterocycles. The van der Waals surface area contributed by atoms with Crippen LogP contribution in [0, 0.1) is 12.7 Å². The number of hydrogen-bond donors (Lipinski definition) is 1. The number of hydrogen-bond acceptors (Lipinski definition) is 2. The molecule has 2 aromatic rings. The number of anilines is 1. The third-order valence-electron chi connectivity index (χ3n) is 2.11. The summed E-state index contributed by atoms with van der Waals surface area (Å²) in [4.78, 5) is 2.60. The minimum Gasteiger partial charge on any atom is -0.380 e. The first-order valence-corrected chi connectivity index (χ1v) is 5.60. The highest BCUT2D eigenvalue weighted by Crippen LogP contribution is 2.17. The minimum absolute atomic E-state index is 0.201. The Morgan fingerprint density at radius 2 is 1.87 bits per heavy atom. The lowest BCUT2D eigenvalue weighted by Crippen LogP contribution is -1.96. The van der Waals surface area contributed by atoms with E-state index in [0.29, 0.717) is 0 Å². The van der Waals surface area contributed by atoms with Gasteiger partial charge in [0.2, 0.25) is 0 Å². The van der Waals surface area contributed by atoms with Crippen LogP contribution in [-0.4, -0.2) is 0 Å². The van der Waals surface area contributed by atoms with E-state index in [1.54, 1.807) is 23.5 Å². The smallest absolute Gasteiger partial charge is 0.123 e. The maximum atomic E-state index is 12.6. The monoisotopic (exact) mass is 221 g/mol. The highest BCUT2D eigenvalue weighted by molar-refractivity contribution is 7.11.